The van der Waals surface area contributed by atoms with Crippen LogP contribution in [0.5, 0.6) is 0 Å². The molecule has 11 heteroatoms. The minimum atomic E-state index is -3.62. The number of ketones is 1. The van der Waals surface area contributed by atoms with E-state index in [0.717, 1.165) is 10.6 Å². The molecule has 3 aromatic rings. The van der Waals surface area contributed by atoms with Crippen molar-refractivity contribution < 1.29 is 31.5 Å². The van der Waals surface area contributed by atoms with Gasteiger partial charge < -0.3 is 18.2 Å². The van der Waals surface area contributed by atoms with E-state index in [-0.39, 0.29) is 18.0 Å². The average Bonchev–Trinajstić information content (AvgIpc) is 3.37. The Morgan fingerprint density at radius 2 is 1.76 bits per heavy atom. The number of rotatable bonds is 6. The third-order valence-corrected chi connectivity index (χ3v) is 7.93. The van der Waals surface area contributed by atoms with Gasteiger partial charge in [0.15, 0.2) is 17.2 Å². The maximum absolute atomic E-state index is 13.0. The lowest BCUT2D eigenvalue weighted by Gasteiger charge is -2.32. The van der Waals surface area contributed by atoms with Crippen LogP contribution in [0.1, 0.15) is 57.0 Å². The lowest BCUT2D eigenvalue weighted by atomic mass is 9.76. The molecule has 1 saturated heterocycles. The summed E-state index contributed by atoms with van der Waals surface area (Å²) in [5, 5.41) is 4.54. The highest BCUT2D eigenvalue weighted by Crippen LogP contribution is 2.40. The van der Waals surface area contributed by atoms with Crippen molar-refractivity contribution in [1.29, 1.82) is 0 Å². The van der Waals surface area contributed by atoms with E-state index < -0.39 is 28.3 Å². The number of hydrogen-bond acceptors (Lipinski definition) is 8. The first kappa shape index (κ1) is 24.5. The monoisotopic (exact) mass is 488 g/mol. The fraction of sp³-hybridized carbons (Fsp3) is 0.478. The second-order valence-electron chi connectivity index (χ2n) is 9.66. The molecular formula is C23H29BN2O7S. The molecule has 4 rings (SSSR count). The first-order chi connectivity index (χ1) is 15.7. The molecule has 0 unspecified atom stereocenters. The molecule has 1 aromatic carbocycles. The van der Waals surface area contributed by atoms with Crippen LogP contribution in [0.4, 0.5) is 5.69 Å². The Morgan fingerprint density at radius 3 is 2.26 bits per heavy atom. The zero-order chi connectivity index (χ0) is 25.2. The standard InChI is InChI=1S/C23H29BN2O7S/c1-9-17(27)19-14-10-15(24-32-22(3,4)23(5,6)33-24)16(26(7)34(8,28)29)11-18(14)31-21(19)20-13(2)12-30-25-20/h10-12H,9H2,1-8H3. The van der Waals surface area contributed by atoms with Crippen LogP contribution in [0.15, 0.2) is 27.3 Å². The summed E-state index contributed by atoms with van der Waals surface area (Å²) < 4.78 is 49.8. The number of carbonyl (C=O) groups is 1. The Labute approximate surface area is 199 Å². The van der Waals surface area contributed by atoms with Crippen LogP contribution in [-0.2, 0) is 19.3 Å². The first-order valence-corrected chi connectivity index (χ1v) is 12.9. The predicted molar refractivity (Wildman–Crippen MR) is 130 cm³/mol. The number of Topliss-reactive ketones (excluding diaryl/α,β-unsaturated/α-hetero) is 1. The quantitative estimate of drug-likeness (QED) is 0.382. The van der Waals surface area contributed by atoms with E-state index in [1.54, 1.807) is 26.0 Å². The Balaban J connectivity index is 2.03. The summed E-state index contributed by atoms with van der Waals surface area (Å²) in [5.74, 6) is 0.146. The largest absolute Gasteiger partial charge is 0.497 e. The summed E-state index contributed by atoms with van der Waals surface area (Å²) in [6.07, 6.45) is 2.83. The van der Waals surface area contributed by atoms with Crippen molar-refractivity contribution in [2.75, 3.05) is 17.6 Å². The summed E-state index contributed by atoms with van der Waals surface area (Å²) >= 11 is 0. The number of anilines is 1. The van der Waals surface area contributed by atoms with Gasteiger partial charge in [0.05, 0.1) is 28.7 Å². The van der Waals surface area contributed by atoms with Gasteiger partial charge >= 0.3 is 7.12 Å². The highest BCUT2D eigenvalue weighted by Gasteiger charge is 2.52. The van der Waals surface area contributed by atoms with Crippen LogP contribution in [0.2, 0.25) is 0 Å². The van der Waals surface area contributed by atoms with Gasteiger partial charge in [-0.05, 0) is 40.7 Å². The minimum Gasteiger partial charge on any atom is -0.453 e. The smallest absolute Gasteiger partial charge is 0.453 e. The minimum absolute atomic E-state index is 0.139. The van der Waals surface area contributed by atoms with E-state index in [9.17, 15) is 13.2 Å². The van der Waals surface area contributed by atoms with Gasteiger partial charge in [0.25, 0.3) is 0 Å². The third kappa shape index (κ3) is 3.85. The van der Waals surface area contributed by atoms with Crippen LogP contribution in [0.25, 0.3) is 22.4 Å². The van der Waals surface area contributed by atoms with E-state index in [2.05, 4.69) is 5.16 Å². The number of hydrogen-bond donors (Lipinski definition) is 0. The summed E-state index contributed by atoms with van der Waals surface area (Å²) in [5.41, 5.74) is 1.37. The molecule has 0 aliphatic carbocycles. The van der Waals surface area contributed by atoms with Gasteiger partial charge in [0.2, 0.25) is 10.0 Å². The molecule has 0 spiro atoms. The van der Waals surface area contributed by atoms with E-state index >= 15 is 0 Å². The maximum atomic E-state index is 13.0. The van der Waals surface area contributed by atoms with Crippen molar-refractivity contribution >= 4 is 45.0 Å². The van der Waals surface area contributed by atoms with Crippen molar-refractivity contribution in [3.05, 3.63) is 29.5 Å². The van der Waals surface area contributed by atoms with Crippen LogP contribution in [0, 0.1) is 6.92 Å². The van der Waals surface area contributed by atoms with Gasteiger partial charge in [-0.15, -0.1) is 0 Å². The zero-order valence-corrected chi connectivity index (χ0v) is 21.5. The van der Waals surface area contributed by atoms with Crippen LogP contribution in [0.3, 0.4) is 0 Å². The number of carbonyl (C=O) groups excluding carboxylic acids is 1. The molecule has 1 aliphatic rings. The Hall–Kier alpha value is -2.63. The molecule has 1 fully saturated rings. The van der Waals surface area contributed by atoms with Crippen molar-refractivity contribution in [1.82, 2.24) is 5.16 Å². The SMILES string of the molecule is CCC(=O)c1c(-c2nocc2C)oc2cc(N(C)S(C)(=O)=O)c(B3OC(C)(C)C(C)(C)O3)cc12. The predicted octanol–water partition coefficient (Wildman–Crippen LogP) is 3.68. The highest BCUT2D eigenvalue weighted by atomic mass is 32.2. The Kier molecular flexibility index (Phi) is 5.74. The first-order valence-electron chi connectivity index (χ1n) is 11.0. The van der Waals surface area contributed by atoms with Crippen molar-refractivity contribution in [2.24, 2.45) is 0 Å². The molecule has 0 N–H and O–H groups in total. The number of aromatic nitrogens is 1. The number of furan rings is 1. The number of fused-ring (bicyclic) bond motifs is 1. The van der Waals surface area contributed by atoms with E-state index in [1.165, 1.54) is 13.3 Å². The van der Waals surface area contributed by atoms with Crippen LogP contribution in [-0.4, -0.2) is 51.0 Å². The number of aryl methyl sites for hydroxylation is 1. The molecule has 1 aliphatic heterocycles. The second kappa shape index (κ2) is 7.96. The molecule has 0 atom stereocenters. The lowest BCUT2D eigenvalue weighted by molar-refractivity contribution is 0.00578. The van der Waals surface area contributed by atoms with Crippen molar-refractivity contribution in [3.8, 4) is 11.5 Å². The summed E-state index contributed by atoms with van der Waals surface area (Å²) in [6.45, 7) is 11.2. The Morgan fingerprint density at radius 1 is 1.15 bits per heavy atom. The molecule has 34 heavy (non-hydrogen) atoms. The number of nitrogens with zero attached hydrogens (tertiary/aromatic N) is 2. The van der Waals surface area contributed by atoms with Gasteiger partial charge in [0, 0.05) is 35.9 Å². The molecular weight excluding hydrogens is 459 g/mol. The fourth-order valence-corrected chi connectivity index (χ4v) is 4.40. The van der Waals surface area contributed by atoms with Crippen LogP contribution < -0.4 is 9.77 Å². The summed E-state index contributed by atoms with van der Waals surface area (Å²) in [4.78, 5) is 13.0. The van der Waals surface area contributed by atoms with Crippen LogP contribution >= 0.6 is 0 Å². The topological polar surface area (TPSA) is 112 Å². The molecule has 182 valence electrons. The summed E-state index contributed by atoms with van der Waals surface area (Å²) in [6, 6.07) is 3.32. The molecule has 2 aromatic heterocycles. The van der Waals surface area contributed by atoms with Gasteiger partial charge in [0.1, 0.15) is 11.8 Å². The molecule has 0 bridgehead atoms. The molecule has 0 saturated carbocycles. The lowest BCUT2D eigenvalue weighted by Crippen LogP contribution is -2.41. The zero-order valence-electron chi connectivity index (χ0n) is 20.7. The van der Waals surface area contributed by atoms with Crippen molar-refractivity contribution in [2.45, 2.75) is 59.2 Å². The van der Waals surface area contributed by atoms with Gasteiger partial charge in [-0.25, -0.2) is 8.42 Å². The summed E-state index contributed by atoms with van der Waals surface area (Å²) in [7, 11) is -3.02. The third-order valence-electron chi connectivity index (χ3n) is 6.74. The fourth-order valence-electron chi connectivity index (χ4n) is 3.89. The van der Waals surface area contributed by atoms with E-state index in [4.69, 9.17) is 18.2 Å². The average molecular weight is 488 g/mol. The highest BCUT2D eigenvalue weighted by molar-refractivity contribution is 7.92. The molecule has 0 radical (unpaired) electrons. The molecule has 3 heterocycles. The molecule has 0 amide bonds. The number of benzene rings is 1. The maximum Gasteiger partial charge on any atom is 0.497 e. The number of sulfonamides is 1. The van der Waals surface area contributed by atoms with Crippen molar-refractivity contribution in [3.63, 3.8) is 0 Å². The van der Waals surface area contributed by atoms with Gasteiger partial charge in [-0.3, -0.25) is 9.10 Å². The normalized spacial score (nSPS) is 17.5. The second-order valence-corrected chi connectivity index (χ2v) is 11.7. The Bertz CT molecular complexity index is 1370. The van der Waals surface area contributed by atoms with E-state index in [1.807, 2.05) is 27.7 Å². The van der Waals surface area contributed by atoms with Gasteiger partial charge in [-0.1, -0.05) is 12.1 Å². The van der Waals surface area contributed by atoms with E-state index in [0.29, 0.717) is 38.9 Å². The van der Waals surface area contributed by atoms with Gasteiger partial charge in [-0.2, -0.15) is 0 Å². The molecule has 9 nitrogen and oxygen atoms in total.